The molecule has 0 bridgehead atoms. The van der Waals surface area contributed by atoms with E-state index < -0.39 is 0 Å². The first kappa shape index (κ1) is 13.1. The zero-order valence-corrected chi connectivity index (χ0v) is 11.0. The van der Waals surface area contributed by atoms with Gasteiger partial charge in [0.2, 0.25) is 0 Å². The van der Waals surface area contributed by atoms with Gasteiger partial charge in [-0.15, -0.1) is 0 Å². The molecule has 0 amide bonds. The maximum absolute atomic E-state index is 5.59. The van der Waals surface area contributed by atoms with Gasteiger partial charge in [0.25, 0.3) is 0 Å². The number of nitrogens with zero attached hydrogens (tertiary/aromatic N) is 2. The number of aromatic nitrogens is 2. The topological polar surface area (TPSA) is 75.9 Å². The highest BCUT2D eigenvalue weighted by atomic mass is 15.1. The van der Waals surface area contributed by atoms with Gasteiger partial charge < -0.3 is 16.4 Å². The van der Waals surface area contributed by atoms with Crippen LogP contribution in [-0.2, 0) is 0 Å². The lowest BCUT2D eigenvalue weighted by molar-refractivity contribution is 0.627. The van der Waals surface area contributed by atoms with Crippen LogP contribution in [0.2, 0.25) is 0 Å². The number of nitrogens with one attached hydrogen (secondary N) is 2. The smallest absolute Gasteiger partial charge is 0.131 e. The highest BCUT2D eigenvalue weighted by molar-refractivity contribution is 5.47. The molecular formula is C13H23N5. The maximum Gasteiger partial charge on any atom is 0.131 e. The fraction of sp³-hybridized carbons (Fsp3) is 0.692. The Morgan fingerprint density at radius 2 is 2.06 bits per heavy atom. The summed E-state index contributed by atoms with van der Waals surface area (Å²) in [4.78, 5) is 8.48. The van der Waals surface area contributed by atoms with Crippen molar-refractivity contribution in [1.29, 1.82) is 0 Å². The number of anilines is 2. The quantitative estimate of drug-likeness (QED) is 0.717. The average molecular weight is 249 g/mol. The molecule has 1 atom stereocenters. The highest BCUT2D eigenvalue weighted by Crippen LogP contribution is 2.21. The number of hydrogen-bond acceptors (Lipinski definition) is 5. The van der Waals surface area contributed by atoms with Gasteiger partial charge in [-0.25, -0.2) is 9.97 Å². The Morgan fingerprint density at radius 3 is 2.78 bits per heavy atom. The molecule has 1 fully saturated rings. The molecule has 0 aliphatic heterocycles. The predicted molar refractivity (Wildman–Crippen MR) is 74.6 cm³/mol. The van der Waals surface area contributed by atoms with Crippen LogP contribution in [0.25, 0.3) is 0 Å². The minimum absolute atomic E-state index is 0.450. The highest BCUT2D eigenvalue weighted by Gasteiger charge is 2.15. The van der Waals surface area contributed by atoms with Crippen molar-refractivity contribution in [2.75, 3.05) is 23.7 Å². The second kappa shape index (κ2) is 6.54. The van der Waals surface area contributed by atoms with E-state index >= 15 is 0 Å². The van der Waals surface area contributed by atoms with Crippen molar-refractivity contribution < 1.29 is 0 Å². The largest absolute Gasteiger partial charge is 0.370 e. The van der Waals surface area contributed by atoms with E-state index in [-0.39, 0.29) is 0 Å². The molecule has 0 spiro atoms. The standard InChI is InChI=1S/C13H23N5/c1-10(7-14)8-15-12-6-13(17-9-16-12)18-11-4-2-3-5-11/h6,9-11H,2-5,7-8,14H2,1H3,(H2,15,16,17,18). The SMILES string of the molecule is CC(CN)CNc1cc(NC2CCCC2)ncn1. The van der Waals surface area contributed by atoms with Crippen molar-refractivity contribution in [3.8, 4) is 0 Å². The van der Waals surface area contributed by atoms with Crippen LogP contribution in [-0.4, -0.2) is 29.1 Å². The zero-order chi connectivity index (χ0) is 12.8. The third-order valence-electron chi connectivity index (χ3n) is 3.41. The third kappa shape index (κ3) is 3.84. The molecule has 1 aromatic rings. The van der Waals surface area contributed by atoms with E-state index in [2.05, 4.69) is 27.5 Å². The molecular weight excluding hydrogens is 226 g/mol. The normalized spacial score (nSPS) is 17.7. The summed E-state index contributed by atoms with van der Waals surface area (Å²) >= 11 is 0. The van der Waals surface area contributed by atoms with E-state index in [1.54, 1.807) is 6.33 Å². The Kier molecular flexibility index (Phi) is 4.75. The third-order valence-corrected chi connectivity index (χ3v) is 3.41. The van der Waals surface area contributed by atoms with E-state index in [0.29, 0.717) is 18.5 Å². The van der Waals surface area contributed by atoms with Crippen LogP contribution >= 0.6 is 0 Å². The van der Waals surface area contributed by atoms with Crippen molar-refractivity contribution in [2.45, 2.75) is 38.6 Å². The molecule has 1 aromatic heterocycles. The van der Waals surface area contributed by atoms with Gasteiger partial charge in [0.1, 0.15) is 18.0 Å². The van der Waals surface area contributed by atoms with Crippen LogP contribution in [0.3, 0.4) is 0 Å². The molecule has 0 saturated heterocycles. The molecule has 0 aromatic carbocycles. The van der Waals surface area contributed by atoms with Gasteiger partial charge >= 0.3 is 0 Å². The van der Waals surface area contributed by atoms with Gasteiger partial charge in [0.05, 0.1) is 0 Å². The molecule has 1 unspecified atom stereocenters. The monoisotopic (exact) mass is 249 g/mol. The minimum atomic E-state index is 0.450. The van der Waals surface area contributed by atoms with Gasteiger partial charge in [-0.05, 0) is 25.3 Å². The van der Waals surface area contributed by atoms with Gasteiger partial charge in [0, 0.05) is 18.7 Å². The summed E-state index contributed by atoms with van der Waals surface area (Å²) in [5.41, 5.74) is 5.59. The second-order valence-corrected chi connectivity index (χ2v) is 5.14. The molecule has 1 saturated carbocycles. The lowest BCUT2D eigenvalue weighted by Crippen LogP contribution is -2.20. The lowest BCUT2D eigenvalue weighted by atomic mass is 10.2. The first-order valence-corrected chi connectivity index (χ1v) is 6.80. The molecule has 0 radical (unpaired) electrons. The molecule has 2 rings (SSSR count). The Labute approximate surface area is 109 Å². The lowest BCUT2D eigenvalue weighted by Gasteiger charge is -2.14. The molecule has 5 nitrogen and oxygen atoms in total. The van der Waals surface area contributed by atoms with Crippen molar-refractivity contribution in [1.82, 2.24) is 9.97 Å². The fourth-order valence-corrected chi connectivity index (χ4v) is 2.17. The van der Waals surface area contributed by atoms with E-state index in [0.717, 1.165) is 18.2 Å². The summed E-state index contributed by atoms with van der Waals surface area (Å²) in [7, 11) is 0. The summed E-state index contributed by atoms with van der Waals surface area (Å²) in [5.74, 6) is 2.23. The van der Waals surface area contributed by atoms with Crippen molar-refractivity contribution in [3.63, 3.8) is 0 Å². The van der Waals surface area contributed by atoms with E-state index in [9.17, 15) is 0 Å². The minimum Gasteiger partial charge on any atom is -0.370 e. The molecule has 1 heterocycles. The molecule has 1 aliphatic carbocycles. The Hall–Kier alpha value is -1.36. The van der Waals surface area contributed by atoms with Crippen LogP contribution in [0.1, 0.15) is 32.6 Å². The molecule has 1 aliphatic rings. The summed E-state index contributed by atoms with van der Waals surface area (Å²) in [5, 5.41) is 6.76. The van der Waals surface area contributed by atoms with Crippen LogP contribution in [0.4, 0.5) is 11.6 Å². The zero-order valence-electron chi connectivity index (χ0n) is 11.0. The fourth-order valence-electron chi connectivity index (χ4n) is 2.17. The van der Waals surface area contributed by atoms with Crippen molar-refractivity contribution in [2.24, 2.45) is 11.7 Å². The molecule has 4 N–H and O–H groups in total. The Morgan fingerprint density at radius 1 is 1.33 bits per heavy atom. The van der Waals surface area contributed by atoms with Gasteiger partial charge in [-0.1, -0.05) is 19.8 Å². The van der Waals surface area contributed by atoms with Crippen LogP contribution in [0.15, 0.2) is 12.4 Å². The number of rotatable bonds is 6. The van der Waals surface area contributed by atoms with Gasteiger partial charge in [-0.3, -0.25) is 0 Å². The first-order chi connectivity index (χ1) is 8.78. The molecule has 100 valence electrons. The average Bonchev–Trinajstić information content (AvgIpc) is 2.89. The van der Waals surface area contributed by atoms with E-state index in [1.807, 2.05) is 6.07 Å². The van der Waals surface area contributed by atoms with Crippen LogP contribution in [0, 0.1) is 5.92 Å². The van der Waals surface area contributed by atoms with Crippen molar-refractivity contribution in [3.05, 3.63) is 12.4 Å². The summed E-state index contributed by atoms with van der Waals surface area (Å²) < 4.78 is 0. The Balaban J connectivity index is 1.88. The van der Waals surface area contributed by atoms with E-state index in [4.69, 9.17) is 5.73 Å². The Bertz CT molecular complexity index is 362. The molecule has 5 heteroatoms. The first-order valence-electron chi connectivity index (χ1n) is 6.80. The molecule has 18 heavy (non-hydrogen) atoms. The van der Waals surface area contributed by atoms with Gasteiger partial charge in [-0.2, -0.15) is 0 Å². The second-order valence-electron chi connectivity index (χ2n) is 5.14. The predicted octanol–water partition coefficient (Wildman–Crippen LogP) is 1.84. The number of hydrogen-bond donors (Lipinski definition) is 3. The summed E-state index contributed by atoms with van der Waals surface area (Å²) in [6.07, 6.45) is 6.74. The van der Waals surface area contributed by atoms with Crippen LogP contribution < -0.4 is 16.4 Å². The summed E-state index contributed by atoms with van der Waals surface area (Å²) in [6.45, 7) is 3.65. The van der Waals surface area contributed by atoms with E-state index in [1.165, 1.54) is 25.7 Å². The van der Waals surface area contributed by atoms with Crippen molar-refractivity contribution >= 4 is 11.6 Å². The summed E-state index contributed by atoms with van der Waals surface area (Å²) in [6, 6.07) is 2.55. The number of nitrogens with two attached hydrogens (primary N) is 1. The van der Waals surface area contributed by atoms with Crippen LogP contribution in [0.5, 0.6) is 0 Å². The van der Waals surface area contributed by atoms with Gasteiger partial charge in [0.15, 0.2) is 0 Å². The maximum atomic E-state index is 5.59.